The van der Waals surface area contributed by atoms with Crippen LogP contribution in [-0.4, -0.2) is 50.3 Å². The Hall–Kier alpha value is -0.120. The summed E-state index contributed by atoms with van der Waals surface area (Å²) in [6.07, 6.45) is 5.79. The summed E-state index contributed by atoms with van der Waals surface area (Å²) in [6, 6.07) is 0.858. The van der Waals surface area contributed by atoms with Crippen molar-refractivity contribution in [3.8, 4) is 0 Å². The second kappa shape index (κ2) is 5.99. The van der Waals surface area contributed by atoms with Crippen LogP contribution in [0.2, 0.25) is 0 Å². The van der Waals surface area contributed by atoms with Gasteiger partial charge in [-0.15, -0.1) is 0 Å². The summed E-state index contributed by atoms with van der Waals surface area (Å²) in [6.45, 7) is 7.00. The molecular formula is C13H26N2O. The van der Waals surface area contributed by atoms with E-state index in [2.05, 4.69) is 17.1 Å². The van der Waals surface area contributed by atoms with Crippen molar-refractivity contribution < 1.29 is 4.74 Å². The van der Waals surface area contributed by atoms with E-state index in [0.29, 0.717) is 6.10 Å². The lowest BCUT2D eigenvalue weighted by Crippen LogP contribution is -2.53. The Labute approximate surface area is 99.5 Å². The Morgan fingerprint density at radius 2 is 1.94 bits per heavy atom. The highest BCUT2D eigenvalue weighted by atomic mass is 16.5. The molecule has 0 amide bonds. The standard InChI is InChI=1S/C13H26N2O/c1-3-14-10-11-4-5-13(11)15-8-6-12(16-2)7-9-15/h11-14H,3-10H2,1-2H3. The normalized spacial score (nSPS) is 32.6. The minimum Gasteiger partial charge on any atom is -0.381 e. The molecule has 0 spiro atoms. The van der Waals surface area contributed by atoms with E-state index in [1.54, 1.807) is 0 Å². The molecule has 3 heteroatoms. The molecule has 1 aliphatic carbocycles. The molecule has 1 aliphatic heterocycles. The van der Waals surface area contributed by atoms with Crippen molar-refractivity contribution >= 4 is 0 Å². The molecule has 1 N–H and O–H groups in total. The van der Waals surface area contributed by atoms with Gasteiger partial charge in [0, 0.05) is 26.2 Å². The number of likely N-dealkylation sites (tertiary alicyclic amines) is 1. The molecule has 2 aliphatic rings. The van der Waals surface area contributed by atoms with Gasteiger partial charge in [0.1, 0.15) is 0 Å². The van der Waals surface area contributed by atoms with Crippen LogP contribution >= 0.6 is 0 Å². The monoisotopic (exact) mass is 226 g/mol. The number of rotatable bonds is 5. The molecular weight excluding hydrogens is 200 g/mol. The maximum Gasteiger partial charge on any atom is 0.0595 e. The highest BCUT2D eigenvalue weighted by Crippen LogP contribution is 2.33. The van der Waals surface area contributed by atoms with E-state index in [1.165, 1.54) is 45.3 Å². The van der Waals surface area contributed by atoms with Gasteiger partial charge in [0.25, 0.3) is 0 Å². The molecule has 2 fully saturated rings. The van der Waals surface area contributed by atoms with Gasteiger partial charge in [-0.05, 0) is 44.7 Å². The van der Waals surface area contributed by atoms with Crippen molar-refractivity contribution in [2.45, 2.75) is 44.8 Å². The number of methoxy groups -OCH3 is 1. The third kappa shape index (κ3) is 2.76. The Kier molecular flexibility index (Phi) is 4.62. The molecule has 3 nitrogen and oxygen atoms in total. The molecule has 94 valence electrons. The summed E-state index contributed by atoms with van der Waals surface area (Å²) < 4.78 is 5.42. The number of ether oxygens (including phenoxy) is 1. The van der Waals surface area contributed by atoms with Gasteiger partial charge >= 0.3 is 0 Å². The second-order valence-electron chi connectivity index (χ2n) is 5.18. The third-order valence-electron chi connectivity index (χ3n) is 4.31. The average molecular weight is 226 g/mol. The number of piperidine rings is 1. The lowest BCUT2D eigenvalue weighted by molar-refractivity contribution is -0.00844. The lowest BCUT2D eigenvalue weighted by atomic mass is 9.77. The maximum atomic E-state index is 5.42. The third-order valence-corrected chi connectivity index (χ3v) is 4.31. The summed E-state index contributed by atoms with van der Waals surface area (Å²) in [5.74, 6) is 0.902. The van der Waals surface area contributed by atoms with Crippen LogP contribution in [0.5, 0.6) is 0 Å². The summed E-state index contributed by atoms with van der Waals surface area (Å²) in [5, 5.41) is 3.49. The van der Waals surface area contributed by atoms with E-state index in [4.69, 9.17) is 4.74 Å². The second-order valence-corrected chi connectivity index (χ2v) is 5.18. The fourth-order valence-corrected chi connectivity index (χ4v) is 3.04. The van der Waals surface area contributed by atoms with Gasteiger partial charge in [0.2, 0.25) is 0 Å². The summed E-state index contributed by atoms with van der Waals surface area (Å²) in [5.41, 5.74) is 0. The van der Waals surface area contributed by atoms with Crippen molar-refractivity contribution in [2.75, 3.05) is 33.3 Å². The molecule has 1 saturated carbocycles. The topological polar surface area (TPSA) is 24.5 Å². The maximum absolute atomic E-state index is 5.42. The van der Waals surface area contributed by atoms with Crippen molar-refractivity contribution in [3.63, 3.8) is 0 Å². The van der Waals surface area contributed by atoms with Crippen LogP contribution in [0.4, 0.5) is 0 Å². The van der Waals surface area contributed by atoms with Gasteiger partial charge in [-0.1, -0.05) is 6.92 Å². The molecule has 2 unspecified atom stereocenters. The number of nitrogens with zero attached hydrogens (tertiary/aromatic N) is 1. The molecule has 0 radical (unpaired) electrons. The van der Waals surface area contributed by atoms with Crippen LogP contribution < -0.4 is 5.32 Å². The minimum absolute atomic E-state index is 0.517. The Balaban J connectivity index is 1.72. The molecule has 2 rings (SSSR count). The summed E-state index contributed by atoms with van der Waals surface area (Å²) >= 11 is 0. The molecule has 0 bridgehead atoms. The first-order chi connectivity index (χ1) is 7.85. The fourth-order valence-electron chi connectivity index (χ4n) is 3.04. The van der Waals surface area contributed by atoms with Crippen molar-refractivity contribution in [2.24, 2.45) is 5.92 Å². The van der Waals surface area contributed by atoms with Gasteiger partial charge in [-0.2, -0.15) is 0 Å². The molecule has 0 aromatic rings. The van der Waals surface area contributed by atoms with E-state index in [0.717, 1.165) is 18.5 Å². The highest BCUT2D eigenvalue weighted by molar-refractivity contribution is 4.91. The van der Waals surface area contributed by atoms with Gasteiger partial charge in [-0.3, -0.25) is 4.90 Å². The lowest BCUT2D eigenvalue weighted by Gasteiger charge is -2.47. The van der Waals surface area contributed by atoms with Crippen LogP contribution in [0, 0.1) is 5.92 Å². The number of nitrogens with one attached hydrogen (secondary N) is 1. The first-order valence-corrected chi connectivity index (χ1v) is 6.82. The van der Waals surface area contributed by atoms with Crippen LogP contribution in [0.25, 0.3) is 0 Å². The highest BCUT2D eigenvalue weighted by Gasteiger charge is 2.36. The van der Waals surface area contributed by atoms with E-state index in [1.807, 2.05) is 7.11 Å². The summed E-state index contributed by atoms with van der Waals surface area (Å²) in [4.78, 5) is 2.70. The largest absolute Gasteiger partial charge is 0.381 e. The molecule has 2 atom stereocenters. The SMILES string of the molecule is CCNCC1CCC1N1CCC(OC)CC1. The zero-order valence-corrected chi connectivity index (χ0v) is 10.7. The van der Waals surface area contributed by atoms with E-state index in [9.17, 15) is 0 Å². The van der Waals surface area contributed by atoms with Gasteiger partial charge in [0.05, 0.1) is 6.10 Å². The molecule has 1 heterocycles. The minimum atomic E-state index is 0.517. The van der Waals surface area contributed by atoms with Crippen LogP contribution in [0.3, 0.4) is 0 Å². The molecule has 1 saturated heterocycles. The van der Waals surface area contributed by atoms with E-state index >= 15 is 0 Å². The van der Waals surface area contributed by atoms with Crippen LogP contribution in [0.15, 0.2) is 0 Å². The van der Waals surface area contributed by atoms with Crippen LogP contribution in [-0.2, 0) is 4.74 Å². The average Bonchev–Trinajstić information content (AvgIpc) is 2.29. The van der Waals surface area contributed by atoms with Crippen molar-refractivity contribution in [3.05, 3.63) is 0 Å². The fraction of sp³-hybridized carbons (Fsp3) is 1.00. The van der Waals surface area contributed by atoms with E-state index in [-0.39, 0.29) is 0 Å². The summed E-state index contributed by atoms with van der Waals surface area (Å²) in [7, 11) is 1.84. The predicted octanol–water partition coefficient (Wildman–Crippen LogP) is 1.49. The number of hydrogen-bond acceptors (Lipinski definition) is 3. The number of hydrogen-bond donors (Lipinski definition) is 1. The van der Waals surface area contributed by atoms with Gasteiger partial charge in [0.15, 0.2) is 0 Å². The first-order valence-electron chi connectivity index (χ1n) is 6.82. The van der Waals surface area contributed by atoms with Crippen molar-refractivity contribution in [1.29, 1.82) is 0 Å². The molecule has 0 aromatic carbocycles. The van der Waals surface area contributed by atoms with Gasteiger partial charge < -0.3 is 10.1 Å². The van der Waals surface area contributed by atoms with Crippen LogP contribution in [0.1, 0.15) is 32.6 Å². The van der Waals surface area contributed by atoms with Crippen molar-refractivity contribution in [1.82, 2.24) is 10.2 Å². The van der Waals surface area contributed by atoms with E-state index < -0.39 is 0 Å². The predicted molar refractivity (Wildman–Crippen MR) is 66.7 cm³/mol. The Morgan fingerprint density at radius 1 is 1.19 bits per heavy atom. The smallest absolute Gasteiger partial charge is 0.0595 e. The zero-order valence-electron chi connectivity index (χ0n) is 10.7. The zero-order chi connectivity index (χ0) is 11.4. The van der Waals surface area contributed by atoms with Gasteiger partial charge in [-0.25, -0.2) is 0 Å². The first kappa shape index (κ1) is 12.3. The molecule has 16 heavy (non-hydrogen) atoms. The Morgan fingerprint density at radius 3 is 2.44 bits per heavy atom. The Bertz CT molecular complexity index is 202. The molecule has 0 aromatic heterocycles. The quantitative estimate of drug-likeness (QED) is 0.768.